The molecule has 0 aromatic heterocycles. The van der Waals surface area contributed by atoms with E-state index in [1.54, 1.807) is 0 Å². The molecule has 0 spiro atoms. The lowest BCUT2D eigenvalue weighted by atomic mass is 10.0. The number of phosphoric acid groups is 1. The molecule has 322 valence electrons. The van der Waals surface area contributed by atoms with Crippen LogP contribution in [0, 0.1) is 0 Å². The highest BCUT2D eigenvalue weighted by Crippen LogP contribution is 2.43. The Bertz CT molecular complexity index is 896. The zero-order valence-corrected chi connectivity index (χ0v) is 37.1. The topological polar surface area (TPSA) is 108 Å². The van der Waals surface area contributed by atoms with Gasteiger partial charge < -0.3 is 18.9 Å². The van der Waals surface area contributed by atoms with Crippen LogP contribution in [0.5, 0.6) is 0 Å². The van der Waals surface area contributed by atoms with E-state index < -0.39 is 26.5 Å². The van der Waals surface area contributed by atoms with Crippen molar-refractivity contribution in [3.8, 4) is 0 Å². The zero-order valence-electron chi connectivity index (χ0n) is 36.2. The van der Waals surface area contributed by atoms with E-state index in [1.165, 1.54) is 154 Å². The Morgan fingerprint density at radius 3 is 1.19 bits per heavy atom. The summed E-state index contributed by atoms with van der Waals surface area (Å²) in [5.41, 5.74) is 0. The molecule has 2 unspecified atom stereocenters. The Morgan fingerprint density at radius 1 is 0.500 bits per heavy atom. The van der Waals surface area contributed by atoms with E-state index in [2.05, 4.69) is 13.8 Å². The molecule has 0 amide bonds. The van der Waals surface area contributed by atoms with Crippen LogP contribution in [0.1, 0.15) is 219 Å². The van der Waals surface area contributed by atoms with Crippen LogP contribution in [0.3, 0.4) is 0 Å². The van der Waals surface area contributed by atoms with E-state index in [0.717, 1.165) is 38.5 Å². The number of likely N-dealkylation sites (N-methyl/N-ethyl adjacent to an activating group) is 1. The highest BCUT2D eigenvalue weighted by atomic mass is 31.2. The third-order valence-electron chi connectivity index (χ3n) is 10.1. The van der Waals surface area contributed by atoms with Gasteiger partial charge in [0, 0.05) is 12.8 Å². The van der Waals surface area contributed by atoms with E-state index in [0.29, 0.717) is 17.4 Å². The summed E-state index contributed by atoms with van der Waals surface area (Å²) in [6.07, 6.45) is 37.2. The maximum Gasteiger partial charge on any atom is 0.472 e. The number of hydrogen-bond acceptors (Lipinski definition) is 7. The van der Waals surface area contributed by atoms with Crippen molar-refractivity contribution in [1.82, 2.24) is 0 Å². The summed E-state index contributed by atoms with van der Waals surface area (Å²) >= 11 is 0. The number of rotatable bonds is 42. The second kappa shape index (κ2) is 37.6. The van der Waals surface area contributed by atoms with E-state index in [9.17, 15) is 19.0 Å². The van der Waals surface area contributed by atoms with Gasteiger partial charge in [-0.05, 0) is 12.8 Å². The lowest BCUT2D eigenvalue weighted by Gasteiger charge is -2.24. The number of quaternary nitrogens is 1. The lowest BCUT2D eigenvalue weighted by Crippen LogP contribution is -2.37. The number of hydrogen-bond donors (Lipinski definition) is 1. The summed E-state index contributed by atoms with van der Waals surface area (Å²) in [5.74, 6) is -0.786. The van der Waals surface area contributed by atoms with Crippen molar-refractivity contribution in [3.05, 3.63) is 0 Å². The summed E-state index contributed by atoms with van der Waals surface area (Å²) < 4.78 is 34.3. The Morgan fingerprint density at radius 2 is 0.833 bits per heavy atom. The van der Waals surface area contributed by atoms with Gasteiger partial charge in [-0.2, -0.15) is 0 Å². The quantitative estimate of drug-likeness (QED) is 0.0282. The number of ether oxygens (including phenoxy) is 2. The Labute approximate surface area is 334 Å². The highest BCUT2D eigenvalue weighted by Gasteiger charge is 2.27. The molecule has 0 saturated carbocycles. The van der Waals surface area contributed by atoms with Crippen LogP contribution in [0.4, 0.5) is 0 Å². The number of carbonyl (C=O) groups excluding carboxylic acids is 2. The van der Waals surface area contributed by atoms with Gasteiger partial charge in [0.05, 0.1) is 27.7 Å². The minimum absolute atomic E-state index is 0.0367. The Balaban J connectivity index is 4.21. The molecule has 0 saturated heterocycles. The molecule has 0 bridgehead atoms. The summed E-state index contributed by atoms with van der Waals surface area (Å²) in [6, 6.07) is 0. The van der Waals surface area contributed by atoms with Crippen LogP contribution >= 0.6 is 7.82 Å². The zero-order chi connectivity index (χ0) is 40.0. The first kappa shape index (κ1) is 53.0. The molecule has 0 aromatic carbocycles. The maximum absolute atomic E-state index is 12.7. The van der Waals surface area contributed by atoms with Gasteiger partial charge >= 0.3 is 19.8 Å². The van der Waals surface area contributed by atoms with Gasteiger partial charge in [-0.3, -0.25) is 18.6 Å². The van der Waals surface area contributed by atoms with Crippen molar-refractivity contribution >= 4 is 19.8 Å². The molecule has 54 heavy (non-hydrogen) atoms. The second-order valence-corrected chi connectivity index (χ2v) is 18.3. The molecule has 1 N–H and O–H groups in total. The fourth-order valence-corrected chi connectivity index (χ4v) is 7.29. The molecule has 0 aliphatic rings. The van der Waals surface area contributed by atoms with Crippen LogP contribution in [-0.2, 0) is 32.7 Å². The van der Waals surface area contributed by atoms with E-state index >= 15 is 0 Å². The molecule has 0 aliphatic heterocycles. The van der Waals surface area contributed by atoms with Crippen LogP contribution in [-0.4, -0.2) is 74.9 Å². The van der Waals surface area contributed by atoms with Gasteiger partial charge in [-0.1, -0.05) is 194 Å². The van der Waals surface area contributed by atoms with Gasteiger partial charge in [0.1, 0.15) is 19.8 Å². The van der Waals surface area contributed by atoms with Gasteiger partial charge in [-0.15, -0.1) is 0 Å². The van der Waals surface area contributed by atoms with Crippen LogP contribution < -0.4 is 0 Å². The average Bonchev–Trinajstić information content (AvgIpc) is 3.12. The van der Waals surface area contributed by atoms with E-state index in [-0.39, 0.29) is 25.6 Å². The fraction of sp³-hybridized carbons (Fsp3) is 0.955. The van der Waals surface area contributed by atoms with Crippen molar-refractivity contribution in [3.63, 3.8) is 0 Å². The van der Waals surface area contributed by atoms with Gasteiger partial charge in [0.25, 0.3) is 0 Å². The summed E-state index contributed by atoms with van der Waals surface area (Å²) in [4.78, 5) is 35.3. The normalized spacial score (nSPS) is 13.5. The molecule has 0 aromatic rings. The van der Waals surface area contributed by atoms with Gasteiger partial charge in [0.15, 0.2) is 6.10 Å². The number of phosphoric ester groups is 1. The van der Waals surface area contributed by atoms with Crippen molar-refractivity contribution in [1.29, 1.82) is 0 Å². The molecule has 0 radical (unpaired) electrons. The van der Waals surface area contributed by atoms with E-state index in [4.69, 9.17) is 18.5 Å². The monoisotopic (exact) mass is 791 g/mol. The van der Waals surface area contributed by atoms with Crippen molar-refractivity contribution in [2.75, 3.05) is 47.5 Å². The van der Waals surface area contributed by atoms with Crippen LogP contribution in [0.15, 0.2) is 0 Å². The summed E-state index contributed by atoms with van der Waals surface area (Å²) in [6.45, 7) is 4.44. The van der Waals surface area contributed by atoms with Crippen molar-refractivity contribution in [2.45, 2.75) is 225 Å². The number of esters is 2. The minimum Gasteiger partial charge on any atom is -0.462 e. The Kier molecular flexibility index (Phi) is 36.9. The maximum atomic E-state index is 12.7. The molecule has 2 atom stereocenters. The predicted molar refractivity (Wildman–Crippen MR) is 225 cm³/mol. The average molecular weight is 791 g/mol. The highest BCUT2D eigenvalue weighted by molar-refractivity contribution is 7.47. The largest absolute Gasteiger partial charge is 0.472 e. The molecular weight excluding hydrogens is 701 g/mol. The van der Waals surface area contributed by atoms with Crippen molar-refractivity contribution < 1.29 is 42.1 Å². The first-order chi connectivity index (χ1) is 26.0. The molecular formula is C44H89NO8P+. The number of carbonyl (C=O) groups is 2. The number of nitrogens with zero attached hydrogens (tertiary/aromatic N) is 1. The molecule has 9 nitrogen and oxygen atoms in total. The third-order valence-corrected chi connectivity index (χ3v) is 11.1. The Hall–Kier alpha value is -0.990. The molecule has 0 heterocycles. The third kappa shape index (κ3) is 40.7. The number of unbranched alkanes of at least 4 members (excludes halogenated alkanes) is 28. The van der Waals surface area contributed by atoms with Crippen molar-refractivity contribution in [2.24, 2.45) is 0 Å². The van der Waals surface area contributed by atoms with Crippen LogP contribution in [0.2, 0.25) is 0 Å². The fourth-order valence-electron chi connectivity index (χ4n) is 6.54. The molecule has 0 rings (SSSR count). The van der Waals surface area contributed by atoms with E-state index in [1.807, 2.05) is 21.1 Å². The first-order valence-corrected chi connectivity index (χ1v) is 24.3. The molecule has 0 aliphatic carbocycles. The summed E-state index contributed by atoms with van der Waals surface area (Å²) in [7, 11) is 1.49. The first-order valence-electron chi connectivity index (χ1n) is 22.8. The summed E-state index contributed by atoms with van der Waals surface area (Å²) in [5, 5.41) is 0. The molecule has 0 fully saturated rings. The van der Waals surface area contributed by atoms with Gasteiger partial charge in [0.2, 0.25) is 0 Å². The molecule has 10 heteroatoms. The lowest BCUT2D eigenvalue weighted by molar-refractivity contribution is -0.870. The van der Waals surface area contributed by atoms with Gasteiger partial charge in [-0.25, -0.2) is 4.57 Å². The SMILES string of the molecule is CCCCCCCCCCCCCCCCCCCCCCC(=O)OC(COC(=O)CCCCCCCCCCCC)COP(=O)(O)OCC[N+](C)(C)C. The predicted octanol–water partition coefficient (Wildman–Crippen LogP) is 12.8. The van der Waals surface area contributed by atoms with Crippen LogP contribution in [0.25, 0.3) is 0 Å². The standard InChI is InChI=1S/C44H88NO8P/c1-6-8-10-12-14-16-18-19-20-21-22-23-24-25-26-27-29-31-33-35-37-44(47)53-42(41-52-54(48,49)51-39-38-45(3,4)5)40-50-43(46)36-34-32-30-28-17-15-13-11-9-7-2/h42H,6-41H2,1-5H3/p+1. The second-order valence-electron chi connectivity index (χ2n) is 16.8. The smallest absolute Gasteiger partial charge is 0.462 e. The minimum atomic E-state index is -4.36.